The topological polar surface area (TPSA) is 255 Å². The number of nitrogens with zero attached hydrogens (tertiary/aromatic N) is 3. The summed E-state index contributed by atoms with van der Waals surface area (Å²) in [5.41, 5.74) is 8.86. The number of sulfonamides is 1. The van der Waals surface area contributed by atoms with Crippen LogP contribution in [-0.4, -0.2) is 152 Å². The minimum Gasteiger partial charge on any atom is -0.748 e. The van der Waals surface area contributed by atoms with Crippen molar-refractivity contribution in [1.29, 1.82) is 0 Å². The molecule has 4 aromatic rings. The Balaban J connectivity index is 1.53. The van der Waals surface area contributed by atoms with Crippen LogP contribution in [0.4, 0.5) is 0 Å². The summed E-state index contributed by atoms with van der Waals surface area (Å²) in [6, 6.07) is 16.1. The lowest BCUT2D eigenvalue weighted by Crippen LogP contribution is -2.48. The number of para-hydroxylation sites is 1. The molecule has 3 aromatic carbocycles. The smallest absolute Gasteiger partial charge is 0.345 e. The molecule has 0 fully saturated rings. The van der Waals surface area contributed by atoms with Crippen LogP contribution in [0.1, 0.15) is 77.8 Å². The average Bonchev–Trinajstić information content (AvgIpc) is 3.21. The second kappa shape index (κ2) is 23.8. The lowest BCUT2D eigenvalue weighted by molar-refractivity contribution is -0.909. The number of rotatable bonds is 28. The van der Waals surface area contributed by atoms with Crippen molar-refractivity contribution in [1.82, 2.24) is 10.0 Å². The normalized spacial score (nSPS) is 13.5. The number of aryl methyl sites for hydroxylation is 3. The number of carbonyl (C=O) groups is 2. The van der Waals surface area contributed by atoms with Gasteiger partial charge in [0.25, 0.3) is 5.91 Å². The number of likely N-dealkylation sites (N-methyl/N-ethyl adjacent to an activating group) is 1. The minimum absolute atomic E-state index is 0.129. The second-order valence-corrected chi connectivity index (χ2v) is 23.4. The molecule has 0 radical (unpaired) electrons. The van der Waals surface area contributed by atoms with E-state index >= 15 is 0 Å². The van der Waals surface area contributed by atoms with Gasteiger partial charge < -0.3 is 38.6 Å². The van der Waals surface area contributed by atoms with Gasteiger partial charge in [0.2, 0.25) is 21.1 Å². The van der Waals surface area contributed by atoms with Crippen LogP contribution in [0.25, 0.3) is 21.8 Å². The predicted molar refractivity (Wildman–Crippen MR) is 256 cm³/mol. The van der Waals surface area contributed by atoms with Gasteiger partial charge in [0, 0.05) is 67.9 Å². The van der Waals surface area contributed by atoms with Gasteiger partial charge in [-0.15, -0.1) is 0 Å². The lowest BCUT2D eigenvalue weighted by atomic mass is 10.0. The molecule has 18 nitrogen and oxygen atoms in total. The van der Waals surface area contributed by atoms with E-state index in [1.165, 1.54) is 0 Å². The highest BCUT2D eigenvalue weighted by Gasteiger charge is 2.28. The predicted octanol–water partition coefficient (Wildman–Crippen LogP) is 3.08. The highest BCUT2D eigenvalue weighted by Crippen LogP contribution is 2.32. The molecule has 0 bridgehead atoms. The van der Waals surface area contributed by atoms with Crippen molar-refractivity contribution in [2.24, 2.45) is 5.73 Å². The molecule has 0 saturated carbocycles. The fraction of sp³-hybridized carbons (Fsp3) is 0.543. The molecule has 0 aliphatic rings. The number of nitrogens with one attached hydrogen (secondary N) is 2. The molecule has 1 amide bonds. The Hall–Kier alpha value is -4.32. The SMILES string of the molecule is Cc1cc(C(=O)NCCC[N+](C)(CCCN)CCCS(=O)(=O)[O-])cc(C)c1OC(=O)c1c2ccccc2[n+](CCCS(=O)(=O)NCC[N+](C)(C)CCCS(=O)(=O)[O-])c2ccc(OC(C)C)cc12. The van der Waals surface area contributed by atoms with Crippen LogP contribution >= 0.6 is 0 Å². The molecule has 0 aliphatic heterocycles. The third-order valence-electron chi connectivity index (χ3n) is 11.6. The Kier molecular flexibility index (Phi) is 19.6. The minimum atomic E-state index is -4.33. The van der Waals surface area contributed by atoms with Crippen molar-refractivity contribution < 1.29 is 67.0 Å². The summed E-state index contributed by atoms with van der Waals surface area (Å²) in [5.74, 6) is -1.20. The number of quaternary nitrogens is 2. The summed E-state index contributed by atoms with van der Waals surface area (Å²) >= 11 is 0. The van der Waals surface area contributed by atoms with Gasteiger partial charge in [-0.05, 0) is 75.7 Å². The van der Waals surface area contributed by atoms with Gasteiger partial charge in [-0.3, -0.25) is 4.79 Å². The van der Waals surface area contributed by atoms with Crippen LogP contribution in [0.5, 0.6) is 11.5 Å². The van der Waals surface area contributed by atoms with E-state index in [9.17, 15) is 43.9 Å². The van der Waals surface area contributed by atoms with Crippen molar-refractivity contribution in [3.05, 3.63) is 76.9 Å². The maximum absolute atomic E-state index is 14.5. The molecule has 1 atom stereocenters. The van der Waals surface area contributed by atoms with E-state index in [1.807, 2.05) is 69.9 Å². The molecular formula is C46H69N6O12S3+. The molecule has 67 heavy (non-hydrogen) atoms. The van der Waals surface area contributed by atoms with E-state index in [0.717, 1.165) is 6.42 Å². The van der Waals surface area contributed by atoms with Crippen LogP contribution in [0.3, 0.4) is 0 Å². The number of amides is 1. The Morgan fingerprint density at radius 1 is 0.731 bits per heavy atom. The number of hydrogen-bond donors (Lipinski definition) is 3. The summed E-state index contributed by atoms with van der Waals surface area (Å²) < 4.78 is 111. The third kappa shape index (κ3) is 17.6. The fourth-order valence-electron chi connectivity index (χ4n) is 8.30. The number of nitrogens with two attached hydrogens (primary N) is 1. The first-order valence-corrected chi connectivity index (χ1v) is 27.4. The van der Waals surface area contributed by atoms with Crippen LogP contribution in [0.15, 0.2) is 54.6 Å². The zero-order valence-electron chi connectivity index (χ0n) is 39.8. The van der Waals surface area contributed by atoms with Crippen LogP contribution in [0, 0.1) is 13.8 Å². The van der Waals surface area contributed by atoms with Gasteiger partial charge in [-0.25, -0.2) is 34.8 Å². The quantitative estimate of drug-likeness (QED) is 0.0141. The highest BCUT2D eigenvalue weighted by atomic mass is 32.2. The van der Waals surface area contributed by atoms with Crippen molar-refractivity contribution in [2.75, 3.05) is 90.8 Å². The zero-order valence-corrected chi connectivity index (χ0v) is 42.3. The van der Waals surface area contributed by atoms with E-state index in [2.05, 4.69) is 10.0 Å². The number of hydrogen-bond acceptors (Lipinski definition) is 13. The molecule has 0 aliphatic carbocycles. The van der Waals surface area contributed by atoms with Crippen LogP contribution in [-0.2, 0) is 36.8 Å². The molecule has 1 heterocycles. The summed E-state index contributed by atoms with van der Waals surface area (Å²) in [6.45, 7) is 11.2. The van der Waals surface area contributed by atoms with E-state index in [4.69, 9.17) is 15.2 Å². The summed E-state index contributed by atoms with van der Waals surface area (Å²) in [6.07, 6.45) is 1.81. The molecular weight excluding hydrogens is 925 g/mol. The van der Waals surface area contributed by atoms with E-state index < -0.39 is 47.7 Å². The molecule has 0 spiro atoms. The Morgan fingerprint density at radius 2 is 1.33 bits per heavy atom. The molecule has 21 heteroatoms. The maximum Gasteiger partial charge on any atom is 0.345 e. The number of ether oxygens (including phenoxy) is 2. The number of carbonyl (C=O) groups excluding carboxylic acids is 2. The lowest BCUT2D eigenvalue weighted by Gasteiger charge is -2.35. The highest BCUT2D eigenvalue weighted by molar-refractivity contribution is 7.89. The molecule has 372 valence electrons. The van der Waals surface area contributed by atoms with Crippen molar-refractivity contribution in [3.63, 3.8) is 0 Å². The fourth-order valence-corrected chi connectivity index (χ4v) is 10.3. The van der Waals surface area contributed by atoms with Gasteiger partial charge in [-0.1, -0.05) is 12.1 Å². The first-order valence-electron chi connectivity index (χ1n) is 22.6. The Morgan fingerprint density at radius 3 is 1.96 bits per heavy atom. The maximum atomic E-state index is 14.5. The van der Waals surface area contributed by atoms with Gasteiger partial charge in [0.15, 0.2) is 6.54 Å². The molecule has 0 saturated heterocycles. The van der Waals surface area contributed by atoms with Gasteiger partial charge in [0.05, 0.1) is 109 Å². The monoisotopic (exact) mass is 993 g/mol. The standard InChI is InChI=1S/C46H68N6O12S3/c1-34(2)63-38-17-18-42-40(33-38)43(39-15-8-9-16-41(39)50(42)22-12-28-65(55,56)49-21-27-51(5,6)23-13-29-66(57,58)59)46(54)64-44-35(3)31-37(32-36(44)4)45(53)48-20-11-25-52(7,24-10-19-47)26-14-30-67(60,61)62/h8-9,15-18,31-34,49H,10-14,19-30,47H2,1-7H3/p+1. The molecule has 1 aromatic heterocycles. The van der Waals surface area contributed by atoms with Crippen molar-refractivity contribution >= 4 is 63.9 Å². The number of esters is 1. The third-order valence-corrected chi connectivity index (χ3v) is 14.7. The Bertz CT molecular complexity index is 2690. The van der Waals surface area contributed by atoms with Gasteiger partial charge >= 0.3 is 5.97 Å². The number of benzene rings is 3. The zero-order chi connectivity index (χ0) is 49.8. The summed E-state index contributed by atoms with van der Waals surface area (Å²) in [7, 11) is -6.68. The van der Waals surface area contributed by atoms with E-state index in [1.54, 1.807) is 38.1 Å². The molecule has 4 rings (SSSR count). The van der Waals surface area contributed by atoms with Gasteiger partial charge in [-0.2, -0.15) is 4.57 Å². The number of fused-ring (bicyclic) bond motifs is 2. The Labute approximate surface area is 396 Å². The van der Waals surface area contributed by atoms with Crippen molar-refractivity contribution in [3.8, 4) is 11.5 Å². The first kappa shape index (κ1) is 55.3. The largest absolute Gasteiger partial charge is 0.748 e. The first-order chi connectivity index (χ1) is 31.2. The second-order valence-electron chi connectivity index (χ2n) is 18.4. The van der Waals surface area contributed by atoms with Gasteiger partial charge in [0.1, 0.15) is 11.5 Å². The number of pyridine rings is 1. The average molecular weight is 994 g/mol. The molecule has 4 N–H and O–H groups in total. The number of aromatic nitrogens is 1. The van der Waals surface area contributed by atoms with Crippen LogP contribution < -0.4 is 29.8 Å². The molecule has 1 unspecified atom stereocenters. The summed E-state index contributed by atoms with van der Waals surface area (Å²) in [4.78, 5) is 27.9. The van der Waals surface area contributed by atoms with Crippen LogP contribution in [0.2, 0.25) is 0 Å². The van der Waals surface area contributed by atoms with E-state index in [0.29, 0.717) is 111 Å². The van der Waals surface area contributed by atoms with E-state index in [-0.39, 0.29) is 55.7 Å². The summed E-state index contributed by atoms with van der Waals surface area (Å²) in [5, 5.41) is 4.07. The van der Waals surface area contributed by atoms with Crippen molar-refractivity contribution in [2.45, 2.75) is 72.4 Å².